The van der Waals surface area contributed by atoms with Gasteiger partial charge in [-0.25, -0.2) is 0 Å². The van der Waals surface area contributed by atoms with Crippen molar-refractivity contribution in [1.29, 1.82) is 0 Å². The lowest BCUT2D eigenvalue weighted by atomic mass is 10.2. The van der Waals surface area contributed by atoms with Crippen molar-refractivity contribution in [3.63, 3.8) is 0 Å². The highest BCUT2D eigenvalue weighted by molar-refractivity contribution is 9.11. The van der Waals surface area contributed by atoms with E-state index in [1.165, 1.54) is 5.56 Å². The van der Waals surface area contributed by atoms with Gasteiger partial charge in [0.15, 0.2) is 0 Å². The first kappa shape index (κ1) is 13.0. The maximum Gasteiger partial charge on any atom is 0.0452 e. The molecule has 88 valence electrons. The number of rotatable bonds is 3. The predicted octanol–water partition coefficient (Wildman–Crippen LogP) is 5.09. The summed E-state index contributed by atoms with van der Waals surface area (Å²) in [6.07, 6.45) is 0. The predicted molar refractivity (Wildman–Crippen MR) is 82.3 cm³/mol. The Morgan fingerprint density at radius 3 is 2.29 bits per heavy atom. The number of para-hydroxylation sites is 1. The zero-order valence-corrected chi connectivity index (χ0v) is 13.0. The molecule has 1 nitrogen and oxygen atoms in total. The lowest BCUT2D eigenvalue weighted by molar-refractivity contribution is 1.36. The van der Waals surface area contributed by atoms with Crippen LogP contribution in [0.15, 0.2) is 56.3 Å². The first-order valence-electron chi connectivity index (χ1n) is 5.07. The number of hydrogen-bond acceptors (Lipinski definition) is 2. The number of nitrogen functional groups attached to an aromatic ring is 1. The van der Waals surface area contributed by atoms with Crippen molar-refractivity contribution >= 4 is 49.3 Å². The van der Waals surface area contributed by atoms with Crippen LogP contribution in [-0.2, 0) is 5.75 Å². The summed E-state index contributed by atoms with van der Waals surface area (Å²) < 4.78 is 2.17. The molecule has 0 saturated heterocycles. The van der Waals surface area contributed by atoms with Crippen molar-refractivity contribution in [3.05, 3.63) is 57.0 Å². The molecule has 2 aromatic rings. The Kier molecular flexibility index (Phi) is 4.54. The van der Waals surface area contributed by atoms with Crippen molar-refractivity contribution in [2.24, 2.45) is 0 Å². The Balaban J connectivity index is 2.10. The standard InChI is InChI=1S/C13H11Br2NS/c14-10-5-9(6-11(15)7-10)8-17-13-4-2-1-3-12(13)16/h1-7H,8,16H2. The smallest absolute Gasteiger partial charge is 0.0452 e. The molecule has 0 aliphatic carbocycles. The molecule has 2 rings (SSSR count). The van der Waals surface area contributed by atoms with Crippen molar-refractivity contribution in [2.75, 3.05) is 5.73 Å². The molecule has 2 aromatic carbocycles. The normalized spacial score (nSPS) is 10.5. The highest BCUT2D eigenvalue weighted by Crippen LogP contribution is 2.29. The summed E-state index contributed by atoms with van der Waals surface area (Å²) in [7, 11) is 0. The van der Waals surface area contributed by atoms with Crippen molar-refractivity contribution in [2.45, 2.75) is 10.6 Å². The van der Waals surface area contributed by atoms with Crippen LogP contribution in [-0.4, -0.2) is 0 Å². The minimum Gasteiger partial charge on any atom is -0.398 e. The summed E-state index contributed by atoms with van der Waals surface area (Å²) in [6, 6.07) is 14.2. The molecule has 0 aromatic heterocycles. The van der Waals surface area contributed by atoms with E-state index in [0.29, 0.717) is 0 Å². The number of nitrogens with two attached hydrogens (primary N) is 1. The second-order valence-corrected chi connectivity index (χ2v) is 6.45. The number of thioether (sulfide) groups is 1. The van der Waals surface area contributed by atoms with Gasteiger partial charge in [0, 0.05) is 25.3 Å². The second-order valence-electron chi connectivity index (χ2n) is 3.60. The molecule has 0 spiro atoms. The lowest BCUT2D eigenvalue weighted by Gasteiger charge is -2.06. The third-order valence-corrected chi connectivity index (χ3v) is 4.31. The summed E-state index contributed by atoms with van der Waals surface area (Å²) in [4.78, 5) is 1.13. The largest absolute Gasteiger partial charge is 0.398 e. The third-order valence-electron chi connectivity index (χ3n) is 2.24. The summed E-state index contributed by atoms with van der Waals surface area (Å²) in [5.41, 5.74) is 8.01. The van der Waals surface area contributed by atoms with E-state index in [2.05, 4.69) is 44.0 Å². The number of hydrogen-bond donors (Lipinski definition) is 1. The fourth-order valence-electron chi connectivity index (χ4n) is 1.47. The van der Waals surface area contributed by atoms with E-state index in [4.69, 9.17) is 5.73 Å². The topological polar surface area (TPSA) is 26.0 Å². The highest BCUT2D eigenvalue weighted by Gasteiger charge is 2.01. The van der Waals surface area contributed by atoms with Gasteiger partial charge in [-0.3, -0.25) is 0 Å². The maximum atomic E-state index is 5.91. The van der Waals surface area contributed by atoms with E-state index in [-0.39, 0.29) is 0 Å². The molecule has 0 unspecified atom stereocenters. The fraction of sp³-hybridized carbons (Fsp3) is 0.0769. The highest BCUT2D eigenvalue weighted by atomic mass is 79.9. The van der Waals surface area contributed by atoms with Crippen LogP contribution in [0.2, 0.25) is 0 Å². The molecule has 0 radical (unpaired) electrons. The van der Waals surface area contributed by atoms with E-state index >= 15 is 0 Å². The average molecular weight is 373 g/mol. The molecule has 0 saturated carbocycles. The first-order chi connectivity index (χ1) is 8.15. The van der Waals surface area contributed by atoms with Crippen molar-refractivity contribution in [1.82, 2.24) is 0 Å². The van der Waals surface area contributed by atoms with Gasteiger partial charge < -0.3 is 5.73 Å². The minimum absolute atomic E-state index is 0.839. The van der Waals surface area contributed by atoms with Gasteiger partial charge in [-0.1, -0.05) is 44.0 Å². The van der Waals surface area contributed by atoms with Crippen LogP contribution in [0.1, 0.15) is 5.56 Å². The molecule has 4 heteroatoms. The number of benzene rings is 2. The van der Waals surface area contributed by atoms with Crippen LogP contribution >= 0.6 is 43.6 Å². The molecular formula is C13H11Br2NS. The third kappa shape index (κ3) is 3.76. The van der Waals surface area contributed by atoms with Gasteiger partial charge >= 0.3 is 0 Å². The van der Waals surface area contributed by atoms with Crippen LogP contribution in [0.5, 0.6) is 0 Å². The summed E-state index contributed by atoms with van der Waals surface area (Å²) in [6.45, 7) is 0. The molecule has 2 N–H and O–H groups in total. The van der Waals surface area contributed by atoms with Crippen molar-refractivity contribution < 1.29 is 0 Å². The number of anilines is 1. The van der Waals surface area contributed by atoms with Gasteiger partial charge in [0.05, 0.1) is 0 Å². The molecule has 0 aliphatic heterocycles. The first-order valence-corrected chi connectivity index (χ1v) is 7.64. The minimum atomic E-state index is 0.839. The zero-order valence-electron chi connectivity index (χ0n) is 8.99. The molecular weight excluding hydrogens is 362 g/mol. The van der Waals surface area contributed by atoms with Gasteiger partial charge in [0.2, 0.25) is 0 Å². The Morgan fingerprint density at radius 2 is 1.65 bits per heavy atom. The second kappa shape index (κ2) is 5.94. The van der Waals surface area contributed by atoms with Gasteiger partial charge in [-0.15, -0.1) is 11.8 Å². The molecule has 0 aliphatic rings. The summed E-state index contributed by atoms with van der Waals surface area (Å²) >= 11 is 8.73. The SMILES string of the molecule is Nc1ccccc1SCc1cc(Br)cc(Br)c1. The van der Waals surface area contributed by atoms with E-state index in [1.54, 1.807) is 11.8 Å². The fourth-order valence-corrected chi connectivity index (χ4v) is 3.75. The Labute approximate surface area is 122 Å². The monoisotopic (exact) mass is 371 g/mol. The maximum absolute atomic E-state index is 5.91. The van der Waals surface area contributed by atoms with Crippen LogP contribution in [0.4, 0.5) is 5.69 Å². The Bertz CT molecular complexity index is 508. The number of halogens is 2. The van der Waals surface area contributed by atoms with Crippen LogP contribution < -0.4 is 5.73 Å². The van der Waals surface area contributed by atoms with Gasteiger partial charge in [-0.05, 0) is 35.9 Å². The molecule has 0 fully saturated rings. The van der Waals surface area contributed by atoms with Gasteiger partial charge in [-0.2, -0.15) is 0 Å². The molecule has 0 heterocycles. The van der Waals surface area contributed by atoms with E-state index in [9.17, 15) is 0 Å². The van der Waals surface area contributed by atoms with Crippen LogP contribution in [0.25, 0.3) is 0 Å². The van der Waals surface area contributed by atoms with Gasteiger partial charge in [0.1, 0.15) is 0 Å². The Morgan fingerprint density at radius 1 is 1.00 bits per heavy atom. The molecule has 0 amide bonds. The zero-order chi connectivity index (χ0) is 12.3. The van der Waals surface area contributed by atoms with Crippen molar-refractivity contribution in [3.8, 4) is 0 Å². The quantitative estimate of drug-likeness (QED) is 0.600. The molecule has 17 heavy (non-hydrogen) atoms. The average Bonchev–Trinajstić information content (AvgIpc) is 2.27. The Hall–Kier alpha value is -0.450. The lowest BCUT2D eigenvalue weighted by Crippen LogP contribution is -1.88. The van der Waals surface area contributed by atoms with Crippen LogP contribution in [0.3, 0.4) is 0 Å². The van der Waals surface area contributed by atoms with E-state index in [1.807, 2.05) is 30.3 Å². The van der Waals surface area contributed by atoms with Gasteiger partial charge in [0.25, 0.3) is 0 Å². The summed E-state index contributed by atoms with van der Waals surface area (Å²) in [5, 5.41) is 0. The van der Waals surface area contributed by atoms with E-state index in [0.717, 1.165) is 25.3 Å². The van der Waals surface area contributed by atoms with E-state index < -0.39 is 0 Å². The molecule has 0 bridgehead atoms. The van der Waals surface area contributed by atoms with Crippen LogP contribution in [0, 0.1) is 0 Å². The summed E-state index contributed by atoms with van der Waals surface area (Å²) in [5.74, 6) is 0.909. The molecule has 0 atom stereocenters.